The standard InChI is InChI=1S/C12H16N2O/c1-12(2)10(13)9(14-11(12)15)8-6-4-3-5-7-8/h3-7,9-10H,13H2,1-2H3,(H,14,15). The van der Waals surface area contributed by atoms with Gasteiger partial charge in [-0.1, -0.05) is 30.3 Å². The average Bonchev–Trinajstić information content (AvgIpc) is 2.44. The van der Waals surface area contributed by atoms with Crippen LogP contribution in [0.2, 0.25) is 0 Å². The van der Waals surface area contributed by atoms with E-state index in [0.717, 1.165) is 5.56 Å². The van der Waals surface area contributed by atoms with E-state index in [9.17, 15) is 4.79 Å². The van der Waals surface area contributed by atoms with Gasteiger partial charge >= 0.3 is 0 Å². The molecular weight excluding hydrogens is 188 g/mol. The van der Waals surface area contributed by atoms with E-state index in [2.05, 4.69) is 5.32 Å². The Balaban J connectivity index is 2.32. The molecule has 1 fully saturated rings. The van der Waals surface area contributed by atoms with Crippen LogP contribution in [0.5, 0.6) is 0 Å². The molecule has 1 saturated heterocycles. The van der Waals surface area contributed by atoms with E-state index in [4.69, 9.17) is 5.73 Å². The van der Waals surface area contributed by atoms with Crippen LogP contribution in [-0.2, 0) is 4.79 Å². The third kappa shape index (κ3) is 1.53. The highest BCUT2D eigenvalue weighted by Crippen LogP contribution is 2.35. The number of carbonyl (C=O) groups is 1. The molecule has 2 atom stereocenters. The third-order valence-electron chi connectivity index (χ3n) is 3.22. The molecule has 1 heterocycles. The Morgan fingerprint density at radius 3 is 2.33 bits per heavy atom. The lowest BCUT2D eigenvalue weighted by Gasteiger charge is -2.23. The highest BCUT2D eigenvalue weighted by atomic mass is 16.2. The van der Waals surface area contributed by atoms with E-state index in [0.29, 0.717) is 0 Å². The second kappa shape index (κ2) is 3.35. The molecule has 1 aromatic carbocycles. The average molecular weight is 204 g/mol. The summed E-state index contributed by atoms with van der Waals surface area (Å²) >= 11 is 0. The Hall–Kier alpha value is -1.35. The molecule has 0 saturated carbocycles. The van der Waals surface area contributed by atoms with Crippen molar-refractivity contribution in [2.45, 2.75) is 25.9 Å². The van der Waals surface area contributed by atoms with Crippen LogP contribution in [0.4, 0.5) is 0 Å². The summed E-state index contributed by atoms with van der Waals surface area (Å²) in [5.41, 5.74) is 6.68. The monoisotopic (exact) mass is 204 g/mol. The van der Waals surface area contributed by atoms with Crippen LogP contribution in [0.25, 0.3) is 0 Å². The maximum Gasteiger partial charge on any atom is 0.227 e. The number of benzene rings is 1. The number of hydrogen-bond acceptors (Lipinski definition) is 2. The fourth-order valence-electron chi connectivity index (χ4n) is 1.94. The van der Waals surface area contributed by atoms with Gasteiger partial charge in [-0.15, -0.1) is 0 Å². The van der Waals surface area contributed by atoms with E-state index in [1.54, 1.807) is 0 Å². The molecule has 15 heavy (non-hydrogen) atoms. The Morgan fingerprint density at radius 2 is 1.87 bits per heavy atom. The largest absolute Gasteiger partial charge is 0.347 e. The normalized spacial score (nSPS) is 28.9. The molecule has 0 spiro atoms. The second-order valence-corrected chi connectivity index (χ2v) is 4.61. The summed E-state index contributed by atoms with van der Waals surface area (Å²) in [7, 11) is 0. The van der Waals surface area contributed by atoms with Gasteiger partial charge < -0.3 is 11.1 Å². The maximum absolute atomic E-state index is 11.7. The highest BCUT2D eigenvalue weighted by Gasteiger charge is 2.46. The van der Waals surface area contributed by atoms with Crippen molar-refractivity contribution < 1.29 is 4.79 Å². The zero-order valence-corrected chi connectivity index (χ0v) is 9.03. The molecule has 80 valence electrons. The predicted octanol–water partition coefficient (Wildman–Crippen LogP) is 1.21. The predicted molar refractivity (Wildman–Crippen MR) is 59.1 cm³/mol. The number of rotatable bonds is 1. The van der Waals surface area contributed by atoms with E-state index in [1.165, 1.54) is 0 Å². The van der Waals surface area contributed by atoms with Crippen LogP contribution >= 0.6 is 0 Å². The number of hydrogen-bond donors (Lipinski definition) is 2. The van der Waals surface area contributed by atoms with Gasteiger partial charge in [0.1, 0.15) is 0 Å². The fourth-order valence-corrected chi connectivity index (χ4v) is 1.94. The summed E-state index contributed by atoms with van der Waals surface area (Å²) in [6, 6.07) is 9.62. The van der Waals surface area contributed by atoms with Crippen LogP contribution < -0.4 is 11.1 Å². The first kappa shape index (κ1) is 10.2. The molecule has 2 unspecified atom stereocenters. The Morgan fingerprint density at radius 1 is 1.27 bits per heavy atom. The summed E-state index contributed by atoms with van der Waals surface area (Å²) in [6.45, 7) is 3.77. The zero-order chi connectivity index (χ0) is 11.1. The van der Waals surface area contributed by atoms with E-state index >= 15 is 0 Å². The van der Waals surface area contributed by atoms with Gasteiger partial charge in [0.05, 0.1) is 11.5 Å². The lowest BCUT2D eigenvalue weighted by atomic mass is 9.83. The number of amides is 1. The minimum absolute atomic E-state index is 0.0313. The lowest BCUT2D eigenvalue weighted by molar-refractivity contribution is -0.126. The SMILES string of the molecule is CC1(C)C(=O)NC(c2ccccc2)C1N. The first-order valence-corrected chi connectivity index (χ1v) is 5.15. The summed E-state index contributed by atoms with van der Waals surface area (Å²) in [4.78, 5) is 11.7. The summed E-state index contributed by atoms with van der Waals surface area (Å²) in [5.74, 6) is 0.0313. The number of nitrogens with one attached hydrogen (secondary N) is 1. The first-order valence-electron chi connectivity index (χ1n) is 5.15. The molecule has 3 nitrogen and oxygen atoms in total. The second-order valence-electron chi connectivity index (χ2n) is 4.61. The van der Waals surface area contributed by atoms with Gasteiger partial charge in [0, 0.05) is 6.04 Å². The topological polar surface area (TPSA) is 55.1 Å². The van der Waals surface area contributed by atoms with Crippen molar-refractivity contribution in [1.82, 2.24) is 5.32 Å². The molecular formula is C12H16N2O. The lowest BCUT2D eigenvalue weighted by Crippen LogP contribution is -2.38. The molecule has 0 bridgehead atoms. The van der Waals surface area contributed by atoms with Gasteiger partial charge in [-0.25, -0.2) is 0 Å². The van der Waals surface area contributed by atoms with Gasteiger partial charge in [0.15, 0.2) is 0 Å². The molecule has 0 aliphatic carbocycles. The number of nitrogens with two attached hydrogens (primary N) is 1. The molecule has 1 aromatic rings. The van der Waals surface area contributed by atoms with E-state index in [1.807, 2.05) is 44.2 Å². The van der Waals surface area contributed by atoms with E-state index < -0.39 is 5.41 Å². The molecule has 0 aromatic heterocycles. The van der Waals surface area contributed by atoms with Crippen LogP contribution in [0.15, 0.2) is 30.3 Å². The summed E-state index contributed by atoms with van der Waals surface area (Å²) < 4.78 is 0. The molecule has 1 aliphatic rings. The Bertz CT molecular complexity index is 372. The maximum atomic E-state index is 11.7. The molecule has 0 radical (unpaired) electrons. The third-order valence-corrected chi connectivity index (χ3v) is 3.22. The fraction of sp³-hybridized carbons (Fsp3) is 0.417. The van der Waals surface area contributed by atoms with Crippen LogP contribution in [-0.4, -0.2) is 11.9 Å². The van der Waals surface area contributed by atoms with Crippen molar-refractivity contribution in [2.75, 3.05) is 0 Å². The highest BCUT2D eigenvalue weighted by molar-refractivity contribution is 5.86. The molecule has 1 aliphatic heterocycles. The minimum Gasteiger partial charge on any atom is -0.347 e. The van der Waals surface area contributed by atoms with Crippen LogP contribution in [0.1, 0.15) is 25.5 Å². The quantitative estimate of drug-likeness (QED) is 0.722. The van der Waals surface area contributed by atoms with Crippen molar-refractivity contribution in [1.29, 1.82) is 0 Å². The Labute approximate surface area is 89.7 Å². The van der Waals surface area contributed by atoms with Gasteiger partial charge in [0.2, 0.25) is 5.91 Å². The van der Waals surface area contributed by atoms with Crippen LogP contribution in [0, 0.1) is 5.41 Å². The number of carbonyl (C=O) groups excluding carboxylic acids is 1. The van der Waals surface area contributed by atoms with E-state index in [-0.39, 0.29) is 18.0 Å². The smallest absolute Gasteiger partial charge is 0.227 e. The van der Waals surface area contributed by atoms with Gasteiger partial charge in [-0.2, -0.15) is 0 Å². The van der Waals surface area contributed by atoms with Crippen molar-refractivity contribution >= 4 is 5.91 Å². The molecule has 1 amide bonds. The van der Waals surface area contributed by atoms with Crippen molar-refractivity contribution in [3.8, 4) is 0 Å². The summed E-state index contributed by atoms with van der Waals surface area (Å²) in [5, 5.41) is 2.95. The minimum atomic E-state index is -0.486. The summed E-state index contributed by atoms with van der Waals surface area (Å²) in [6.07, 6.45) is 0. The molecule has 2 rings (SSSR count). The van der Waals surface area contributed by atoms with Gasteiger partial charge in [-0.3, -0.25) is 4.79 Å². The van der Waals surface area contributed by atoms with Crippen molar-refractivity contribution in [2.24, 2.45) is 11.1 Å². The first-order chi connectivity index (χ1) is 7.03. The van der Waals surface area contributed by atoms with Crippen LogP contribution in [0.3, 0.4) is 0 Å². The van der Waals surface area contributed by atoms with Crippen molar-refractivity contribution in [3.63, 3.8) is 0 Å². The van der Waals surface area contributed by atoms with Crippen molar-refractivity contribution in [3.05, 3.63) is 35.9 Å². The zero-order valence-electron chi connectivity index (χ0n) is 9.03. The van der Waals surface area contributed by atoms with Gasteiger partial charge in [0.25, 0.3) is 0 Å². The van der Waals surface area contributed by atoms with Gasteiger partial charge in [-0.05, 0) is 19.4 Å². The Kier molecular flexibility index (Phi) is 2.27. The molecule has 3 heteroatoms. The molecule has 3 N–H and O–H groups in total.